The summed E-state index contributed by atoms with van der Waals surface area (Å²) in [5.74, 6) is -0.334. The van der Waals surface area contributed by atoms with Crippen molar-refractivity contribution in [2.75, 3.05) is 19.7 Å². The first-order valence-corrected chi connectivity index (χ1v) is 8.09. The van der Waals surface area contributed by atoms with Gasteiger partial charge in [-0.3, -0.25) is 14.5 Å². The second-order valence-corrected chi connectivity index (χ2v) is 5.96. The van der Waals surface area contributed by atoms with Crippen LogP contribution in [0, 0.1) is 5.41 Å². The molecule has 2 rings (SSSR count). The highest BCUT2D eigenvalue weighted by atomic mass is 16.5. The van der Waals surface area contributed by atoms with E-state index < -0.39 is 5.41 Å². The molecule has 0 aliphatic carbocycles. The number of unbranched alkanes of at least 4 members (excludes halogenated alkanes) is 1. The van der Waals surface area contributed by atoms with Crippen LogP contribution in [0.15, 0.2) is 30.3 Å². The third-order valence-electron chi connectivity index (χ3n) is 4.27. The van der Waals surface area contributed by atoms with Crippen LogP contribution in [-0.2, 0) is 20.9 Å². The zero-order valence-electron chi connectivity index (χ0n) is 13.5. The summed E-state index contributed by atoms with van der Waals surface area (Å²) in [6.45, 7) is 5.67. The number of hydrogen-bond acceptors (Lipinski definition) is 4. The van der Waals surface area contributed by atoms with Crippen molar-refractivity contribution in [2.45, 2.75) is 39.7 Å². The first-order chi connectivity index (χ1) is 10.6. The maximum absolute atomic E-state index is 12.6. The van der Waals surface area contributed by atoms with E-state index in [-0.39, 0.29) is 11.8 Å². The quantitative estimate of drug-likeness (QED) is 0.574. The van der Waals surface area contributed by atoms with Gasteiger partial charge in [0.05, 0.1) is 13.2 Å². The molecule has 1 aromatic carbocycles. The minimum atomic E-state index is -0.958. The molecule has 0 N–H and O–H groups in total. The van der Waals surface area contributed by atoms with Gasteiger partial charge in [0.2, 0.25) is 0 Å². The molecular formula is C18H25NO3. The molecule has 4 nitrogen and oxygen atoms in total. The van der Waals surface area contributed by atoms with Gasteiger partial charge in [-0.1, -0.05) is 50.1 Å². The van der Waals surface area contributed by atoms with Crippen molar-refractivity contribution in [1.82, 2.24) is 4.90 Å². The largest absolute Gasteiger partial charge is 0.465 e. The Bertz CT molecular complexity index is 514. The van der Waals surface area contributed by atoms with Gasteiger partial charge in [0, 0.05) is 13.1 Å². The third-order valence-corrected chi connectivity index (χ3v) is 4.27. The average Bonchev–Trinajstić information content (AvgIpc) is 2.83. The summed E-state index contributed by atoms with van der Waals surface area (Å²) >= 11 is 0. The van der Waals surface area contributed by atoms with Gasteiger partial charge >= 0.3 is 5.97 Å². The van der Waals surface area contributed by atoms with Crippen LogP contribution in [0.1, 0.15) is 38.7 Å². The van der Waals surface area contributed by atoms with Gasteiger partial charge in [-0.15, -0.1) is 0 Å². The van der Waals surface area contributed by atoms with Crippen molar-refractivity contribution < 1.29 is 14.3 Å². The van der Waals surface area contributed by atoms with Crippen molar-refractivity contribution in [2.24, 2.45) is 5.41 Å². The lowest BCUT2D eigenvalue weighted by Gasteiger charge is -2.25. The number of Topliss-reactive ketones (excluding diaryl/α,β-unsaturated/α-hetero) is 1. The molecular weight excluding hydrogens is 278 g/mol. The molecule has 1 heterocycles. The van der Waals surface area contributed by atoms with Gasteiger partial charge in [0.25, 0.3) is 0 Å². The molecule has 0 bridgehead atoms. The minimum Gasteiger partial charge on any atom is -0.465 e. The Labute approximate surface area is 132 Å². The lowest BCUT2D eigenvalue weighted by molar-refractivity contribution is -0.158. The molecule has 0 radical (unpaired) electrons. The number of hydrogen-bond donors (Lipinski definition) is 0. The Morgan fingerprint density at radius 2 is 2.00 bits per heavy atom. The molecule has 0 spiro atoms. The minimum absolute atomic E-state index is 0.00957. The molecule has 1 atom stereocenters. The summed E-state index contributed by atoms with van der Waals surface area (Å²) in [4.78, 5) is 27.0. The fourth-order valence-electron chi connectivity index (χ4n) is 3.08. The van der Waals surface area contributed by atoms with Crippen LogP contribution >= 0.6 is 0 Å². The van der Waals surface area contributed by atoms with E-state index in [2.05, 4.69) is 11.8 Å². The van der Waals surface area contributed by atoms with Crippen molar-refractivity contribution >= 4 is 11.8 Å². The van der Waals surface area contributed by atoms with Crippen molar-refractivity contribution in [3.8, 4) is 0 Å². The number of likely N-dealkylation sites (tertiary alicyclic amines) is 1. The summed E-state index contributed by atoms with van der Waals surface area (Å²) in [6.07, 6.45) is 2.42. The topological polar surface area (TPSA) is 46.6 Å². The number of rotatable bonds is 7. The molecule has 120 valence electrons. The smallest absolute Gasteiger partial charge is 0.321 e. The average molecular weight is 303 g/mol. The molecule has 1 saturated heterocycles. The molecule has 1 unspecified atom stereocenters. The third kappa shape index (κ3) is 3.55. The Balaban J connectivity index is 2.13. The van der Waals surface area contributed by atoms with E-state index in [1.54, 1.807) is 6.92 Å². The standard InChI is InChI=1S/C18H25NO3/c1-3-5-11-18(17(21)22-4-2)14-19(13-16(18)20)12-15-9-7-6-8-10-15/h6-10H,3-5,11-14H2,1-2H3. The van der Waals surface area contributed by atoms with E-state index in [0.717, 1.165) is 18.4 Å². The zero-order valence-corrected chi connectivity index (χ0v) is 13.5. The Morgan fingerprint density at radius 3 is 2.64 bits per heavy atom. The van der Waals surface area contributed by atoms with Gasteiger partial charge in [0.15, 0.2) is 5.78 Å². The molecule has 22 heavy (non-hydrogen) atoms. The summed E-state index contributed by atoms with van der Waals surface area (Å²) < 4.78 is 5.21. The summed E-state index contributed by atoms with van der Waals surface area (Å²) in [7, 11) is 0. The van der Waals surface area contributed by atoms with E-state index >= 15 is 0 Å². The molecule has 4 heteroatoms. The van der Waals surface area contributed by atoms with Crippen LogP contribution in [0.25, 0.3) is 0 Å². The van der Waals surface area contributed by atoms with Crippen LogP contribution in [-0.4, -0.2) is 36.3 Å². The molecule has 0 amide bonds. The fraction of sp³-hybridized carbons (Fsp3) is 0.556. The Hall–Kier alpha value is -1.68. The van der Waals surface area contributed by atoms with Crippen LogP contribution in [0.2, 0.25) is 0 Å². The predicted molar refractivity (Wildman–Crippen MR) is 85.3 cm³/mol. The Kier molecular flexibility index (Phi) is 5.72. The highest BCUT2D eigenvalue weighted by molar-refractivity contribution is 6.06. The number of ketones is 1. The maximum Gasteiger partial charge on any atom is 0.321 e. The summed E-state index contributed by atoms with van der Waals surface area (Å²) in [6, 6.07) is 10.0. The Morgan fingerprint density at radius 1 is 1.27 bits per heavy atom. The first kappa shape index (κ1) is 16.7. The monoisotopic (exact) mass is 303 g/mol. The maximum atomic E-state index is 12.6. The second-order valence-electron chi connectivity index (χ2n) is 5.96. The molecule has 1 aromatic rings. The van der Waals surface area contributed by atoms with Gasteiger partial charge in [-0.05, 0) is 18.9 Å². The molecule has 0 aromatic heterocycles. The molecule has 1 fully saturated rings. The van der Waals surface area contributed by atoms with E-state index in [4.69, 9.17) is 4.74 Å². The normalized spacial score (nSPS) is 22.0. The summed E-state index contributed by atoms with van der Waals surface area (Å²) in [5, 5.41) is 0. The number of carbonyl (C=O) groups excluding carboxylic acids is 2. The second kappa shape index (κ2) is 7.54. The number of benzene rings is 1. The van der Waals surface area contributed by atoms with Crippen molar-refractivity contribution in [3.05, 3.63) is 35.9 Å². The van der Waals surface area contributed by atoms with E-state index in [9.17, 15) is 9.59 Å². The number of ether oxygens (including phenoxy) is 1. The van der Waals surface area contributed by atoms with Gasteiger partial charge in [0.1, 0.15) is 5.41 Å². The van der Waals surface area contributed by atoms with Crippen LogP contribution < -0.4 is 0 Å². The van der Waals surface area contributed by atoms with E-state index in [1.165, 1.54) is 0 Å². The van der Waals surface area contributed by atoms with Gasteiger partial charge in [-0.25, -0.2) is 0 Å². The predicted octanol–water partition coefficient (Wildman–Crippen LogP) is 2.81. The van der Waals surface area contributed by atoms with E-state index in [0.29, 0.717) is 32.7 Å². The number of nitrogens with zero attached hydrogens (tertiary/aromatic N) is 1. The molecule has 0 saturated carbocycles. The summed E-state index contributed by atoms with van der Waals surface area (Å²) in [5.41, 5.74) is 0.200. The number of esters is 1. The van der Waals surface area contributed by atoms with Crippen molar-refractivity contribution in [1.29, 1.82) is 0 Å². The lowest BCUT2D eigenvalue weighted by atomic mass is 9.81. The molecule has 1 aliphatic heterocycles. The fourth-order valence-corrected chi connectivity index (χ4v) is 3.08. The van der Waals surface area contributed by atoms with Crippen LogP contribution in [0.4, 0.5) is 0 Å². The first-order valence-electron chi connectivity index (χ1n) is 8.09. The lowest BCUT2D eigenvalue weighted by Crippen LogP contribution is -2.41. The van der Waals surface area contributed by atoms with Gasteiger partial charge in [-0.2, -0.15) is 0 Å². The highest BCUT2D eigenvalue weighted by Gasteiger charge is 2.52. The zero-order chi connectivity index (χ0) is 16.0. The van der Waals surface area contributed by atoms with Gasteiger partial charge < -0.3 is 4.74 Å². The number of carbonyl (C=O) groups is 2. The SMILES string of the molecule is CCCCC1(C(=O)OCC)CN(Cc2ccccc2)CC1=O. The van der Waals surface area contributed by atoms with Crippen LogP contribution in [0.5, 0.6) is 0 Å². The van der Waals surface area contributed by atoms with E-state index in [1.807, 2.05) is 30.3 Å². The highest BCUT2D eigenvalue weighted by Crippen LogP contribution is 2.35. The van der Waals surface area contributed by atoms with Crippen molar-refractivity contribution in [3.63, 3.8) is 0 Å². The van der Waals surface area contributed by atoms with Crippen LogP contribution in [0.3, 0.4) is 0 Å². The molecule has 1 aliphatic rings.